The summed E-state index contributed by atoms with van der Waals surface area (Å²) in [4.78, 5) is 30.9. The summed E-state index contributed by atoms with van der Waals surface area (Å²) in [6.07, 6.45) is 3.70. The fourth-order valence-electron chi connectivity index (χ4n) is 3.37. The molecule has 1 fully saturated rings. The molecule has 0 aliphatic carbocycles. The molecule has 1 amide bonds. The fourth-order valence-corrected chi connectivity index (χ4v) is 3.37. The summed E-state index contributed by atoms with van der Waals surface area (Å²) in [7, 11) is 0. The van der Waals surface area contributed by atoms with Gasteiger partial charge in [0, 0.05) is 56.3 Å². The highest BCUT2D eigenvalue weighted by molar-refractivity contribution is 5.79. The third-order valence-electron chi connectivity index (χ3n) is 5.07. The number of piperazine rings is 1. The van der Waals surface area contributed by atoms with Crippen molar-refractivity contribution in [2.24, 2.45) is 0 Å². The summed E-state index contributed by atoms with van der Waals surface area (Å²) < 4.78 is 0. The zero-order valence-corrected chi connectivity index (χ0v) is 16.2. The van der Waals surface area contributed by atoms with Crippen LogP contribution in [0.2, 0.25) is 0 Å². The lowest BCUT2D eigenvalue weighted by molar-refractivity contribution is -0.384. The molecule has 1 aliphatic rings. The number of amides is 1. The minimum atomic E-state index is -0.447. The second-order valence-corrected chi connectivity index (χ2v) is 6.99. The number of non-ortho nitro benzene ring substituents is 1. The van der Waals surface area contributed by atoms with Crippen LogP contribution in [0.3, 0.4) is 0 Å². The molecule has 1 aliphatic heterocycles. The molecule has 0 spiro atoms. The molecule has 4 rings (SSSR count). The lowest BCUT2D eigenvalue weighted by Gasteiger charge is -2.35. The molecular formula is C21H20N6O3. The SMILES string of the molecule is O=C(Cc1ccc([N+](=O)[O-])cc1)N1CCN(c2ccc(-c3cccnc3)nn2)CC1. The van der Waals surface area contributed by atoms with Gasteiger partial charge in [-0.3, -0.25) is 19.9 Å². The minimum absolute atomic E-state index is 0.0153. The van der Waals surface area contributed by atoms with E-state index >= 15 is 0 Å². The number of anilines is 1. The second-order valence-electron chi connectivity index (χ2n) is 6.99. The first-order chi connectivity index (χ1) is 14.6. The van der Waals surface area contributed by atoms with Gasteiger partial charge in [0.15, 0.2) is 5.82 Å². The Bertz CT molecular complexity index is 1020. The predicted molar refractivity (Wildman–Crippen MR) is 111 cm³/mol. The second kappa shape index (κ2) is 8.64. The van der Waals surface area contributed by atoms with Gasteiger partial charge >= 0.3 is 0 Å². The van der Waals surface area contributed by atoms with Gasteiger partial charge in [0.1, 0.15) is 0 Å². The summed E-state index contributed by atoms with van der Waals surface area (Å²) in [5, 5.41) is 19.4. The Morgan fingerprint density at radius 3 is 2.37 bits per heavy atom. The lowest BCUT2D eigenvalue weighted by Crippen LogP contribution is -2.49. The maximum Gasteiger partial charge on any atom is 0.269 e. The molecule has 0 radical (unpaired) electrons. The third kappa shape index (κ3) is 4.40. The Kier molecular flexibility index (Phi) is 5.60. The average molecular weight is 404 g/mol. The van der Waals surface area contributed by atoms with Crippen molar-refractivity contribution in [2.75, 3.05) is 31.1 Å². The highest BCUT2D eigenvalue weighted by Crippen LogP contribution is 2.19. The highest BCUT2D eigenvalue weighted by atomic mass is 16.6. The van der Waals surface area contributed by atoms with E-state index < -0.39 is 4.92 Å². The highest BCUT2D eigenvalue weighted by Gasteiger charge is 2.22. The Labute approximate surface area is 173 Å². The Morgan fingerprint density at radius 1 is 1.00 bits per heavy atom. The number of carbonyl (C=O) groups is 1. The van der Waals surface area contributed by atoms with Crippen LogP contribution in [-0.4, -0.2) is 57.1 Å². The Balaban J connectivity index is 1.32. The number of nitro benzene ring substituents is 1. The number of hydrogen-bond donors (Lipinski definition) is 0. The van der Waals surface area contributed by atoms with Crippen LogP contribution in [0.25, 0.3) is 11.3 Å². The van der Waals surface area contributed by atoms with Crippen molar-refractivity contribution in [3.63, 3.8) is 0 Å². The number of aromatic nitrogens is 3. The molecule has 2 aromatic heterocycles. The van der Waals surface area contributed by atoms with E-state index in [0.29, 0.717) is 26.2 Å². The van der Waals surface area contributed by atoms with E-state index in [0.717, 1.165) is 22.6 Å². The molecule has 0 saturated carbocycles. The molecular weight excluding hydrogens is 384 g/mol. The van der Waals surface area contributed by atoms with Crippen molar-refractivity contribution >= 4 is 17.4 Å². The van der Waals surface area contributed by atoms with E-state index in [2.05, 4.69) is 20.1 Å². The number of nitrogens with zero attached hydrogens (tertiary/aromatic N) is 6. The van der Waals surface area contributed by atoms with Crippen LogP contribution in [0.1, 0.15) is 5.56 Å². The molecule has 1 aromatic carbocycles. The molecule has 30 heavy (non-hydrogen) atoms. The fraction of sp³-hybridized carbons (Fsp3) is 0.238. The number of nitro groups is 1. The quantitative estimate of drug-likeness (QED) is 0.475. The van der Waals surface area contributed by atoms with Crippen molar-refractivity contribution in [2.45, 2.75) is 6.42 Å². The zero-order chi connectivity index (χ0) is 20.9. The first-order valence-electron chi connectivity index (χ1n) is 9.60. The Morgan fingerprint density at radius 2 is 1.77 bits per heavy atom. The first-order valence-corrected chi connectivity index (χ1v) is 9.60. The smallest absolute Gasteiger partial charge is 0.269 e. The van der Waals surface area contributed by atoms with E-state index in [1.54, 1.807) is 24.5 Å². The van der Waals surface area contributed by atoms with Crippen LogP contribution in [0.15, 0.2) is 60.9 Å². The molecule has 9 nitrogen and oxygen atoms in total. The molecule has 0 unspecified atom stereocenters. The van der Waals surface area contributed by atoms with Crippen LogP contribution in [-0.2, 0) is 11.2 Å². The molecule has 1 saturated heterocycles. The summed E-state index contributed by atoms with van der Waals surface area (Å²) >= 11 is 0. The first kappa shape index (κ1) is 19.4. The standard InChI is InChI=1S/C21H20N6O3/c28-21(14-16-3-5-18(6-4-16)27(29)30)26-12-10-25(11-13-26)20-8-7-19(23-24-20)17-2-1-9-22-15-17/h1-9,15H,10-14H2. The zero-order valence-electron chi connectivity index (χ0n) is 16.2. The van der Waals surface area contributed by atoms with Crippen molar-refractivity contribution in [1.29, 1.82) is 0 Å². The molecule has 0 N–H and O–H groups in total. The van der Waals surface area contributed by atoms with Crippen molar-refractivity contribution in [1.82, 2.24) is 20.1 Å². The van der Waals surface area contributed by atoms with Crippen LogP contribution in [0.4, 0.5) is 11.5 Å². The Hall–Kier alpha value is -3.88. The molecule has 152 valence electrons. The molecule has 0 bridgehead atoms. The van der Waals surface area contributed by atoms with Gasteiger partial charge < -0.3 is 9.80 Å². The third-order valence-corrected chi connectivity index (χ3v) is 5.07. The summed E-state index contributed by atoms with van der Waals surface area (Å²) in [6, 6.07) is 13.8. The van der Waals surface area contributed by atoms with Gasteiger partial charge in [-0.2, -0.15) is 0 Å². The van der Waals surface area contributed by atoms with Crippen LogP contribution in [0.5, 0.6) is 0 Å². The predicted octanol–water partition coefficient (Wildman–Crippen LogP) is 2.34. The van der Waals surface area contributed by atoms with E-state index in [1.807, 2.05) is 29.2 Å². The van der Waals surface area contributed by atoms with Gasteiger partial charge in [0.05, 0.1) is 17.0 Å². The van der Waals surface area contributed by atoms with E-state index in [-0.39, 0.29) is 18.0 Å². The largest absolute Gasteiger partial charge is 0.352 e. The minimum Gasteiger partial charge on any atom is -0.352 e. The number of pyridine rings is 1. The molecule has 9 heteroatoms. The van der Waals surface area contributed by atoms with Gasteiger partial charge in [-0.25, -0.2) is 0 Å². The molecule has 3 heterocycles. The average Bonchev–Trinajstić information content (AvgIpc) is 2.80. The number of benzene rings is 1. The van der Waals surface area contributed by atoms with Crippen molar-refractivity contribution in [3.05, 3.63) is 76.6 Å². The van der Waals surface area contributed by atoms with E-state index in [4.69, 9.17) is 0 Å². The van der Waals surface area contributed by atoms with Crippen LogP contribution >= 0.6 is 0 Å². The van der Waals surface area contributed by atoms with E-state index in [9.17, 15) is 14.9 Å². The van der Waals surface area contributed by atoms with Crippen molar-refractivity contribution in [3.8, 4) is 11.3 Å². The van der Waals surface area contributed by atoms with Gasteiger partial charge in [-0.05, 0) is 29.8 Å². The van der Waals surface area contributed by atoms with Crippen molar-refractivity contribution < 1.29 is 9.72 Å². The lowest BCUT2D eigenvalue weighted by atomic mass is 10.1. The number of hydrogen-bond acceptors (Lipinski definition) is 7. The van der Waals surface area contributed by atoms with Crippen LogP contribution in [0, 0.1) is 10.1 Å². The normalized spacial score (nSPS) is 13.9. The summed E-state index contributed by atoms with van der Waals surface area (Å²) in [5.74, 6) is 0.798. The van der Waals surface area contributed by atoms with Gasteiger partial charge in [-0.1, -0.05) is 12.1 Å². The van der Waals surface area contributed by atoms with Gasteiger partial charge in [-0.15, -0.1) is 10.2 Å². The maximum atomic E-state index is 12.6. The summed E-state index contributed by atoms with van der Waals surface area (Å²) in [5.41, 5.74) is 2.47. The van der Waals surface area contributed by atoms with E-state index in [1.165, 1.54) is 12.1 Å². The van der Waals surface area contributed by atoms with Crippen LogP contribution < -0.4 is 4.90 Å². The molecule has 3 aromatic rings. The number of carbonyl (C=O) groups excluding carboxylic acids is 1. The topological polar surface area (TPSA) is 105 Å². The number of rotatable bonds is 5. The maximum absolute atomic E-state index is 12.6. The van der Waals surface area contributed by atoms with Gasteiger partial charge in [0.2, 0.25) is 5.91 Å². The van der Waals surface area contributed by atoms with Gasteiger partial charge in [0.25, 0.3) is 5.69 Å². The molecule has 0 atom stereocenters. The summed E-state index contributed by atoms with van der Waals surface area (Å²) in [6.45, 7) is 2.54. The monoisotopic (exact) mass is 404 g/mol.